The fraction of sp³-hybridized carbons (Fsp3) is 0.100. The standard InChI is InChI=1S/C20H19O3P/c1-17-12-14-19(15-13-17)23-24(21,20-10-6-3-7-11-20)22-16-18-8-4-2-5-9-18/h2-15H,16H2,1H3. The van der Waals surface area contributed by atoms with Gasteiger partial charge in [0.25, 0.3) is 0 Å². The highest BCUT2D eigenvalue weighted by atomic mass is 31.2. The average Bonchev–Trinajstić information content (AvgIpc) is 2.64. The molecule has 3 rings (SSSR count). The third-order valence-corrected chi connectivity index (χ3v) is 5.41. The fourth-order valence-corrected chi connectivity index (χ4v) is 3.80. The molecule has 4 heteroatoms. The zero-order valence-electron chi connectivity index (χ0n) is 13.5. The summed E-state index contributed by atoms with van der Waals surface area (Å²) in [7, 11) is -3.47. The number of hydrogen-bond acceptors (Lipinski definition) is 3. The van der Waals surface area contributed by atoms with Crippen LogP contribution in [-0.2, 0) is 15.7 Å². The molecule has 3 aromatic rings. The number of hydrogen-bond donors (Lipinski definition) is 0. The zero-order chi connectivity index (χ0) is 16.8. The normalized spacial score (nSPS) is 13.2. The SMILES string of the molecule is Cc1ccc(OP(=O)(OCc2ccccc2)c2ccccc2)cc1. The average molecular weight is 338 g/mol. The molecule has 24 heavy (non-hydrogen) atoms. The molecule has 0 saturated heterocycles. The summed E-state index contributed by atoms with van der Waals surface area (Å²) >= 11 is 0. The Kier molecular flexibility index (Phi) is 5.14. The van der Waals surface area contributed by atoms with Crippen LogP contribution in [0.2, 0.25) is 0 Å². The molecule has 0 fully saturated rings. The van der Waals surface area contributed by atoms with Gasteiger partial charge in [-0.25, -0.2) is 4.57 Å². The van der Waals surface area contributed by atoms with Crippen LogP contribution in [0.15, 0.2) is 84.9 Å². The van der Waals surface area contributed by atoms with Gasteiger partial charge < -0.3 is 4.52 Å². The lowest BCUT2D eigenvalue weighted by atomic mass is 10.2. The van der Waals surface area contributed by atoms with Crippen molar-refractivity contribution < 1.29 is 13.6 Å². The van der Waals surface area contributed by atoms with Crippen LogP contribution in [0.4, 0.5) is 0 Å². The molecule has 122 valence electrons. The molecular formula is C20H19O3P. The molecule has 0 amide bonds. The lowest BCUT2D eigenvalue weighted by molar-refractivity contribution is 0.264. The van der Waals surface area contributed by atoms with E-state index in [1.807, 2.05) is 67.6 Å². The second kappa shape index (κ2) is 7.48. The van der Waals surface area contributed by atoms with Gasteiger partial charge in [-0.05, 0) is 36.8 Å². The lowest BCUT2D eigenvalue weighted by Crippen LogP contribution is -2.12. The summed E-state index contributed by atoms with van der Waals surface area (Å²) in [6, 6.07) is 26.1. The molecule has 1 atom stereocenters. The summed E-state index contributed by atoms with van der Waals surface area (Å²) in [5, 5.41) is 0.543. The topological polar surface area (TPSA) is 35.5 Å². The van der Waals surface area contributed by atoms with E-state index < -0.39 is 7.60 Å². The van der Waals surface area contributed by atoms with Crippen molar-refractivity contribution in [3.05, 3.63) is 96.1 Å². The molecule has 0 spiro atoms. The van der Waals surface area contributed by atoms with E-state index in [9.17, 15) is 4.57 Å². The van der Waals surface area contributed by atoms with Crippen LogP contribution < -0.4 is 9.83 Å². The monoisotopic (exact) mass is 338 g/mol. The van der Waals surface area contributed by atoms with Crippen molar-refractivity contribution in [1.29, 1.82) is 0 Å². The number of rotatable bonds is 6. The Morgan fingerprint density at radius 3 is 2.00 bits per heavy atom. The summed E-state index contributed by atoms with van der Waals surface area (Å²) in [6.45, 7) is 2.21. The summed E-state index contributed by atoms with van der Waals surface area (Å²) < 4.78 is 25.0. The first-order valence-corrected chi connectivity index (χ1v) is 9.30. The maximum absolute atomic E-state index is 13.4. The molecule has 0 radical (unpaired) electrons. The highest BCUT2D eigenvalue weighted by molar-refractivity contribution is 7.62. The Bertz CT molecular complexity index is 815. The van der Waals surface area contributed by atoms with Crippen LogP contribution in [0.25, 0.3) is 0 Å². The van der Waals surface area contributed by atoms with Crippen molar-refractivity contribution in [3.63, 3.8) is 0 Å². The van der Waals surface area contributed by atoms with Crippen LogP contribution in [0.5, 0.6) is 5.75 Å². The third kappa shape index (κ3) is 4.14. The minimum Gasteiger partial charge on any atom is -0.421 e. The molecule has 3 aromatic carbocycles. The molecule has 0 aliphatic rings. The zero-order valence-corrected chi connectivity index (χ0v) is 14.4. The quantitative estimate of drug-likeness (QED) is 0.586. The van der Waals surface area contributed by atoms with Gasteiger partial charge in [-0.2, -0.15) is 0 Å². The number of benzene rings is 3. The van der Waals surface area contributed by atoms with Crippen molar-refractivity contribution in [3.8, 4) is 5.75 Å². The van der Waals surface area contributed by atoms with Gasteiger partial charge in [-0.3, -0.25) is 4.52 Å². The van der Waals surface area contributed by atoms with Gasteiger partial charge in [-0.1, -0.05) is 66.2 Å². The summed E-state index contributed by atoms with van der Waals surface area (Å²) in [6.07, 6.45) is 0. The van der Waals surface area contributed by atoms with E-state index in [4.69, 9.17) is 9.05 Å². The molecule has 3 nitrogen and oxygen atoms in total. The second-order valence-corrected chi connectivity index (χ2v) is 7.45. The van der Waals surface area contributed by atoms with E-state index in [-0.39, 0.29) is 6.61 Å². The summed E-state index contributed by atoms with van der Waals surface area (Å²) in [5.41, 5.74) is 2.06. The number of aryl methyl sites for hydroxylation is 1. The van der Waals surface area contributed by atoms with Gasteiger partial charge in [0.2, 0.25) is 0 Å². The molecule has 0 N–H and O–H groups in total. The Labute approximate surface area is 142 Å². The molecule has 0 aromatic heterocycles. The van der Waals surface area contributed by atoms with Gasteiger partial charge in [0.05, 0.1) is 11.9 Å². The van der Waals surface area contributed by atoms with Crippen LogP contribution in [0.3, 0.4) is 0 Å². The van der Waals surface area contributed by atoms with E-state index in [0.29, 0.717) is 11.1 Å². The Morgan fingerprint density at radius 1 is 0.792 bits per heavy atom. The van der Waals surface area contributed by atoms with Crippen LogP contribution in [-0.4, -0.2) is 0 Å². The van der Waals surface area contributed by atoms with Crippen LogP contribution in [0.1, 0.15) is 11.1 Å². The van der Waals surface area contributed by atoms with Crippen molar-refractivity contribution in [2.75, 3.05) is 0 Å². The molecule has 0 heterocycles. The van der Waals surface area contributed by atoms with Gasteiger partial charge in [0.1, 0.15) is 5.75 Å². The van der Waals surface area contributed by atoms with Crippen molar-refractivity contribution in [1.82, 2.24) is 0 Å². The molecule has 0 aliphatic heterocycles. The van der Waals surface area contributed by atoms with Gasteiger partial charge in [0, 0.05) is 0 Å². The molecule has 0 aliphatic carbocycles. The van der Waals surface area contributed by atoms with Gasteiger partial charge in [0.15, 0.2) is 0 Å². The minimum atomic E-state index is -3.47. The smallest absolute Gasteiger partial charge is 0.411 e. The van der Waals surface area contributed by atoms with E-state index >= 15 is 0 Å². The first kappa shape index (κ1) is 16.5. The van der Waals surface area contributed by atoms with Crippen molar-refractivity contribution in [2.24, 2.45) is 0 Å². The van der Waals surface area contributed by atoms with Gasteiger partial charge in [-0.15, -0.1) is 0 Å². The molecular weight excluding hydrogens is 319 g/mol. The van der Waals surface area contributed by atoms with E-state index in [1.165, 1.54) is 0 Å². The highest BCUT2D eigenvalue weighted by Gasteiger charge is 2.29. The largest absolute Gasteiger partial charge is 0.421 e. The fourth-order valence-electron chi connectivity index (χ4n) is 2.24. The second-order valence-electron chi connectivity index (χ2n) is 5.50. The van der Waals surface area contributed by atoms with Crippen LogP contribution >= 0.6 is 7.60 Å². The maximum atomic E-state index is 13.4. The predicted molar refractivity (Wildman–Crippen MR) is 96.7 cm³/mol. The first-order chi connectivity index (χ1) is 11.7. The molecule has 0 bridgehead atoms. The van der Waals surface area contributed by atoms with Crippen LogP contribution in [0, 0.1) is 6.92 Å². The third-order valence-electron chi connectivity index (χ3n) is 3.56. The minimum absolute atomic E-state index is 0.221. The Morgan fingerprint density at radius 2 is 1.38 bits per heavy atom. The first-order valence-electron chi connectivity index (χ1n) is 7.76. The predicted octanol–water partition coefficient (Wildman–Crippen LogP) is 5.11. The van der Waals surface area contributed by atoms with E-state index in [2.05, 4.69) is 0 Å². The lowest BCUT2D eigenvalue weighted by Gasteiger charge is -2.20. The Hall–Kier alpha value is -2.35. The summed E-state index contributed by atoms with van der Waals surface area (Å²) in [5.74, 6) is 0.529. The highest BCUT2D eigenvalue weighted by Crippen LogP contribution is 2.48. The molecule has 1 unspecified atom stereocenters. The maximum Gasteiger partial charge on any atom is 0.411 e. The Balaban J connectivity index is 1.86. The molecule has 0 saturated carbocycles. The summed E-state index contributed by atoms with van der Waals surface area (Å²) in [4.78, 5) is 0. The van der Waals surface area contributed by atoms with Crippen molar-refractivity contribution in [2.45, 2.75) is 13.5 Å². The van der Waals surface area contributed by atoms with Gasteiger partial charge >= 0.3 is 7.60 Å². The van der Waals surface area contributed by atoms with E-state index in [0.717, 1.165) is 11.1 Å². The van der Waals surface area contributed by atoms with Crippen molar-refractivity contribution >= 4 is 12.9 Å². The van der Waals surface area contributed by atoms with E-state index in [1.54, 1.807) is 24.3 Å².